The van der Waals surface area contributed by atoms with E-state index in [1.165, 1.54) is 40.9 Å². The van der Waals surface area contributed by atoms with E-state index in [9.17, 15) is 18.3 Å². The van der Waals surface area contributed by atoms with Gasteiger partial charge in [-0.1, -0.05) is 18.2 Å². The maximum absolute atomic E-state index is 12.7. The average Bonchev–Trinajstić information content (AvgIpc) is 2.70. The molecule has 1 heterocycles. The van der Waals surface area contributed by atoms with Crippen molar-refractivity contribution in [3.8, 4) is 5.75 Å². The quantitative estimate of drug-likeness (QED) is 0.590. The van der Waals surface area contributed by atoms with Crippen LogP contribution in [-0.2, 0) is 14.8 Å². The average molecular weight is 389 g/mol. The zero-order chi connectivity index (χ0) is 19.3. The van der Waals surface area contributed by atoms with Gasteiger partial charge in [-0.3, -0.25) is 4.79 Å². The zero-order valence-electron chi connectivity index (χ0n) is 14.4. The molecule has 0 saturated carbocycles. The van der Waals surface area contributed by atoms with Crippen LogP contribution >= 0.6 is 0 Å². The molecule has 0 aromatic heterocycles. The lowest BCUT2D eigenvalue weighted by Crippen LogP contribution is -2.40. The van der Waals surface area contributed by atoms with Gasteiger partial charge in [0.05, 0.1) is 24.3 Å². The van der Waals surface area contributed by atoms with E-state index in [0.29, 0.717) is 18.8 Å². The molecule has 2 aromatic carbocycles. The van der Waals surface area contributed by atoms with Crippen LogP contribution in [0.5, 0.6) is 5.75 Å². The SMILES string of the molecule is O=C(NN=Cc1ccccc1O)c1cccc(S(=O)(=O)N2CCOCC2)c1. The third-order valence-electron chi connectivity index (χ3n) is 4.01. The molecule has 0 unspecified atom stereocenters. The fourth-order valence-corrected chi connectivity index (χ4v) is 4.01. The van der Waals surface area contributed by atoms with Crippen molar-refractivity contribution in [2.24, 2.45) is 5.10 Å². The van der Waals surface area contributed by atoms with Gasteiger partial charge in [-0.2, -0.15) is 9.41 Å². The van der Waals surface area contributed by atoms with Crippen molar-refractivity contribution in [2.45, 2.75) is 4.90 Å². The van der Waals surface area contributed by atoms with Gasteiger partial charge in [0.1, 0.15) is 5.75 Å². The van der Waals surface area contributed by atoms with Gasteiger partial charge in [-0.25, -0.2) is 13.8 Å². The number of aromatic hydroxyl groups is 1. The number of hydrogen-bond donors (Lipinski definition) is 2. The Balaban J connectivity index is 1.73. The molecule has 1 aliphatic rings. The molecule has 0 bridgehead atoms. The number of carbonyl (C=O) groups is 1. The first kappa shape index (κ1) is 19.0. The fourth-order valence-electron chi connectivity index (χ4n) is 2.56. The predicted molar refractivity (Wildman–Crippen MR) is 99.2 cm³/mol. The van der Waals surface area contributed by atoms with Crippen LogP contribution in [0.2, 0.25) is 0 Å². The highest BCUT2D eigenvalue weighted by molar-refractivity contribution is 7.89. The highest BCUT2D eigenvalue weighted by Gasteiger charge is 2.26. The molecule has 3 rings (SSSR count). The lowest BCUT2D eigenvalue weighted by Gasteiger charge is -2.26. The summed E-state index contributed by atoms with van der Waals surface area (Å²) in [5.74, 6) is -0.519. The molecule has 1 aliphatic heterocycles. The second-order valence-electron chi connectivity index (χ2n) is 5.80. The van der Waals surface area contributed by atoms with Crippen LogP contribution in [0, 0.1) is 0 Å². The summed E-state index contributed by atoms with van der Waals surface area (Å²) in [6.45, 7) is 1.26. The van der Waals surface area contributed by atoms with Gasteiger partial charge in [0.25, 0.3) is 5.91 Å². The van der Waals surface area contributed by atoms with Gasteiger partial charge < -0.3 is 9.84 Å². The van der Waals surface area contributed by atoms with Gasteiger partial charge in [0.2, 0.25) is 10.0 Å². The Labute approximate surface area is 157 Å². The standard InChI is InChI=1S/C18H19N3O5S/c22-17-7-2-1-4-15(17)13-19-20-18(23)14-5-3-6-16(12-14)27(24,25)21-8-10-26-11-9-21/h1-7,12-13,22H,8-11H2,(H,20,23). The van der Waals surface area contributed by atoms with Crippen LogP contribution in [0.15, 0.2) is 58.5 Å². The topological polar surface area (TPSA) is 108 Å². The van der Waals surface area contributed by atoms with Crippen molar-refractivity contribution >= 4 is 22.1 Å². The van der Waals surface area contributed by atoms with Crippen molar-refractivity contribution in [2.75, 3.05) is 26.3 Å². The number of morpholine rings is 1. The van der Waals surface area contributed by atoms with Crippen LogP contribution in [0.3, 0.4) is 0 Å². The third-order valence-corrected chi connectivity index (χ3v) is 5.91. The molecule has 2 N–H and O–H groups in total. The largest absolute Gasteiger partial charge is 0.507 e. The lowest BCUT2D eigenvalue weighted by atomic mass is 10.2. The Kier molecular flexibility index (Phi) is 5.84. The summed E-state index contributed by atoms with van der Waals surface area (Å²) in [5, 5.41) is 13.5. The molecule has 8 nitrogen and oxygen atoms in total. The smallest absolute Gasteiger partial charge is 0.271 e. The number of sulfonamides is 1. The molecule has 0 radical (unpaired) electrons. The number of rotatable bonds is 5. The van der Waals surface area contributed by atoms with E-state index in [2.05, 4.69) is 10.5 Å². The van der Waals surface area contributed by atoms with Gasteiger partial charge in [-0.15, -0.1) is 0 Å². The van der Waals surface area contributed by atoms with Crippen molar-refractivity contribution < 1.29 is 23.1 Å². The number of nitrogens with zero attached hydrogens (tertiary/aromatic N) is 2. The van der Waals surface area contributed by atoms with Gasteiger partial charge in [-0.05, 0) is 30.3 Å². The first-order valence-electron chi connectivity index (χ1n) is 8.28. The van der Waals surface area contributed by atoms with E-state index in [-0.39, 0.29) is 29.3 Å². The summed E-state index contributed by atoms with van der Waals surface area (Å²) >= 11 is 0. The molecule has 0 spiro atoms. The predicted octanol–water partition coefficient (Wildman–Crippen LogP) is 1.18. The molecule has 1 saturated heterocycles. The molecule has 1 fully saturated rings. The summed E-state index contributed by atoms with van der Waals surface area (Å²) < 4.78 is 31.9. The Morgan fingerprint density at radius 3 is 2.63 bits per heavy atom. The minimum absolute atomic E-state index is 0.0362. The molecule has 142 valence electrons. The van der Waals surface area contributed by atoms with Crippen LogP contribution in [0.4, 0.5) is 0 Å². The van der Waals surface area contributed by atoms with E-state index in [0.717, 1.165) is 0 Å². The van der Waals surface area contributed by atoms with Crippen molar-refractivity contribution in [1.29, 1.82) is 0 Å². The minimum Gasteiger partial charge on any atom is -0.507 e. The Bertz CT molecular complexity index is 953. The number of hydrogen-bond acceptors (Lipinski definition) is 6. The Morgan fingerprint density at radius 2 is 1.89 bits per heavy atom. The highest BCUT2D eigenvalue weighted by Crippen LogP contribution is 2.18. The number of hydrazone groups is 1. The maximum atomic E-state index is 12.7. The van der Waals surface area contributed by atoms with Crippen molar-refractivity contribution in [3.63, 3.8) is 0 Å². The molecule has 0 atom stereocenters. The van der Waals surface area contributed by atoms with Crippen LogP contribution in [0.25, 0.3) is 0 Å². The molecule has 2 aromatic rings. The van der Waals surface area contributed by atoms with E-state index in [4.69, 9.17) is 4.74 Å². The molecular weight excluding hydrogens is 370 g/mol. The first-order chi connectivity index (χ1) is 13.0. The van der Waals surface area contributed by atoms with Crippen molar-refractivity contribution in [3.05, 3.63) is 59.7 Å². The normalized spacial score (nSPS) is 15.7. The van der Waals surface area contributed by atoms with Gasteiger partial charge >= 0.3 is 0 Å². The summed E-state index contributed by atoms with van der Waals surface area (Å²) in [5.41, 5.74) is 2.94. The molecular formula is C18H19N3O5S. The number of amides is 1. The number of nitrogens with one attached hydrogen (secondary N) is 1. The van der Waals surface area contributed by atoms with Crippen molar-refractivity contribution in [1.82, 2.24) is 9.73 Å². The van der Waals surface area contributed by atoms with E-state index >= 15 is 0 Å². The molecule has 9 heteroatoms. The monoisotopic (exact) mass is 389 g/mol. The zero-order valence-corrected chi connectivity index (χ0v) is 15.2. The summed E-state index contributed by atoms with van der Waals surface area (Å²) in [4.78, 5) is 12.3. The van der Waals surface area contributed by atoms with E-state index in [1.807, 2.05) is 0 Å². The van der Waals surface area contributed by atoms with Crippen LogP contribution < -0.4 is 5.43 Å². The lowest BCUT2D eigenvalue weighted by molar-refractivity contribution is 0.0730. The Morgan fingerprint density at radius 1 is 1.15 bits per heavy atom. The number of ether oxygens (including phenoxy) is 1. The number of benzene rings is 2. The van der Waals surface area contributed by atoms with E-state index in [1.54, 1.807) is 18.2 Å². The summed E-state index contributed by atoms with van der Waals surface area (Å²) in [7, 11) is -3.69. The molecule has 1 amide bonds. The second-order valence-corrected chi connectivity index (χ2v) is 7.74. The summed E-state index contributed by atoms with van der Waals surface area (Å²) in [6, 6.07) is 12.3. The van der Waals surface area contributed by atoms with E-state index < -0.39 is 15.9 Å². The maximum Gasteiger partial charge on any atom is 0.271 e. The molecule has 27 heavy (non-hydrogen) atoms. The second kappa shape index (κ2) is 8.30. The fraction of sp³-hybridized carbons (Fsp3) is 0.222. The summed E-state index contributed by atoms with van der Waals surface area (Å²) in [6.07, 6.45) is 1.31. The van der Waals surface area contributed by atoms with Crippen LogP contribution in [0.1, 0.15) is 15.9 Å². The number of carbonyl (C=O) groups excluding carboxylic acids is 1. The number of para-hydroxylation sites is 1. The molecule has 0 aliphatic carbocycles. The van der Waals surface area contributed by atoms with Gasteiger partial charge in [0, 0.05) is 24.2 Å². The van der Waals surface area contributed by atoms with Gasteiger partial charge in [0.15, 0.2) is 0 Å². The Hall–Kier alpha value is -2.75. The minimum atomic E-state index is -3.69. The highest BCUT2D eigenvalue weighted by atomic mass is 32.2. The third kappa shape index (κ3) is 4.51. The van der Waals surface area contributed by atoms with Crippen LogP contribution in [-0.4, -0.2) is 56.3 Å². The first-order valence-corrected chi connectivity index (χ1v) is 9.72. The number of phenols is 1. The number of phenolic OH excluding ortho intramolecular Hbond substituents is 1.